The number of nitrogens with two attached hydrogens (primary N) is 1. The van der Waals surface area contributed by atoms with Crippen molar-refractivity contribution in [2.45, 2.75) is 37.9 Å². The van der Waals surface area contributed by atoms with E-state index in [-0.39, 0.29) is 11.3 Å². The predicted octanol–water partition coefficient (Wildman–Crippen LogP) is 3.64. The Kier molecular flexibility index (Phi) is 5.00. The highest BCUT2D eigenvalue weighted by molar-refractivity contribution is 5.98. The van der Waals surface area contributed by atoms with Gasteiger partial charge in [0.15, 0.2) is 18.1 Å². The van der Waals surface area contributed by atoms with Crippen molar-refractivity contribution in [3.8, 4) is 11.5 Å². The van der Waals surface area contributed by atoms with Gasteiger partial charge in [-0.15, -0.1) is 0 Å². The molecule has 0 saturated heterocycles. The summed E-state index contributed by atoms with van der Waals surface area (Å²) in [5.74, 6) is -1.24. The first-order chi connectivity index (χ1) is 13.9. The smallest absolute Gasteiger partial charge is 0.340 e. The Labute approximate surface area is 166 Å². The largest absolute Gasteiger partial charge is 0.452 e. The van der Waals surface area contributed by atoms with Gasteiger partial charge < -0.3 is 25.3 Å². The van der Waals surface area contributed by atoms with Crippen molar-refractivity contribution in [1.29, 1.82) is 0 Å². The van der Waals surface area contributed by atoms with Crippen LogP contribution in [0.5, 0.6) is 11.5 Å². The number of esters is 1. The van der Waals surface area contributed by atoms with E-state index in [2.05, 4.69) is 5.32 Å². The molecule has 1 aliphatic heterocycles. The second kappa shape index (κ2) is 7.62. The van der Waals surface area contributed by atoms with Crippen LogP contribution in [0.1, 0.15) is 42.5 Å². The molecule has 29 heavy (non-hydrogen) atoms. The van der Waals surface area contributed by atoms with Gasteiger partial charge in [0, 0.05) is 30.3 Å². The first kappa shape index (κ1) is 19.0. The highest BCUT2D eigenvalue weighted by Crippen LogP contribution is 2.46. The first-order valence-corrected chi connectivity index (χ1v) is 9.48. The van der Waals surface area contributed by atoms with Crippen LogP contribution in [-0.4, -0.2) is 24.3 Å². The van der Waals surface area contributed by atoms with Crippen LogP contribution in [0.25, 0.3) is 0 Å². The van der Waals surface area contributed by atoms with E-state index in [0.717, 1.165) is 37.8 Å². The molecular weight excluding hydrogens is 379 g/mol. The summed E-state index contributed by atoms with van der Waals surface area (Å²) in [5.41, 5.74) is 6.05. The van der Waals surface area contributed by atoms with Crippen LogP contribution in [0.3, 0.4) is 0 Å². The Morgan fingerprint density at radius 1 is 1.07 bits per heavy atom. The van der Waals surface area contributed by atoms with Crippen molar-refractivity contribution in [1.82, 2.24) is 0 Å². The van der Waals surface area contributed by atoms with Crippen LogP contribution >= 0.6 is 0 Å². The average Bonchev–Trinajstić information content (AvgIpc) is 3.03. The molecule has 1 amide bonds. The number of carbonyl (C=O) groups excluding carboxylic acids is 2. The van der Waals surface area contributed by atoms with E-state index in [4.69, 9.17) is 19.9 Å². The van der Waals surface area contributed by atoms with Crippen LogP contribution in [0.4, 0.5) is 15.8 Å². The molecule has 1 saturated carbocycles. The number of nitrogens with one attached hydrogen (secondary N) is 1. The van der Waals surface area contributed by atoms with Gasteiger partial charge in [0.25, 0.3) is 11.7 Å². The quantitative estimate of drug-likeness (QED) is 0.600. The number of ether oxygens (including phenoxy) is 3. The zero-order valence-electron chi connectivity index (χ0n) is 15.7. The average molecular weight is 400 g/mol. The lowest BCUT2D eigenvalue weighted by Gasteiger charge is -2.31. The molecule has 0 radical (unpaired) electrons. The number of anilines is 2. The van der Waals surface area contributed by atoms with Gasteiger partial charge in [0.2, 0.25) is 0 Å². The van der Waals surface area contributed by atoms with Crippen molar-refractivity contribution in [3.63, 3.8) is 0 Å². The molecule has 2 aromatic carbocycles. The number of hydrogen-bond acceptors (Lipinski definition) is 6. The molecule has 8 heteroatoms. The Morgan fingerprint density at radius 2 is 1.83 bits per heavy atom. The Hall–Kier alpha value is -3.29. The van der Waals surface area contributed by atoms with Crippen LogP contribution in [-0.2, 0) is 9.53 Å². The number of halogens is 1. The molecule has 7 nitrogen and oxygen atoms in total. The zero-order valence-corrected chi connectivity index (χ0v) is 15.7. The SMILES string of the molecule is Nc1cc(F)ccc1C(=O)OCC(=O)Nc1ccc2c(c1)OC1(CCCCC1)O2. The predicted molar refractivity (Wildman–Crippen MR) is 103 cm³/mol. The van der Waals surface area contributed by atoms with Gasteiger partial charge in [-0.05, 0) is 43.2 Å². The molecule has 0 bridgehead atoms. The normalized spacial score (nSPS) is 16.4. The number of rotatable bonds is 4. The maximum Gasteiger partial charge on any atom is 0.340 e. The van der Waals surface area contributed by atoms with Gasteiger partial charge in [-0.1, -0.05) is 6.42 Å². The third kappa shape index (κ3) is 4.11. The maximum absolute atomic E-state index is 13.1. The second-order valence-corrected chi connectivity index (χ2v) is 7.19. The Morgan fingerprint density at radius 3 is 2.59 bits per heavy atom. The first-order valence-electron chi connectivity index (χ1n) is 9.48. The fourth-order valence-corrected chi connectivity index (χ4v) is 3.59. The molecule has 0 unspecified atom stereocenters. The minimum Gasteiger partial charge on any atom is -0.452 e. The van der Waals surface area contributed by atoms with Crippen molar-refractivity contribution in [3.05, 3.63) is 47.8 Å². The Balaban J connectivity index is 1.34. The van der Waals surface area contributed by atoms with Gasteiger partial charge in [0.05, 0.1) is 5.56 Å². The van der Waals surface area contributed by atoms with E-state index < -0.39 is 30.1 Å². The number of benzene rings is 2. The lowest BCUT2D eigenvalue weighted by atomic mass is 9.94. The fourth-order valence-electron chi connectivity index (χ4n) is 3.59. The van der Waals surface area contributed by atoms with Crippen LogP contribution in [0, 0.1) is 5.82 Å². The molecule has 2 aromatic rings. The highest BCUT2D eigenvalue weighted by atomic mass is 19.1. The monoisotopic (exact) mass is 400 g/mol. The fraction of sp³-hybridized carbons (Fsp3) is 0.333. The molecule has 0 aromatic heterocycles. The molecule has 1 fully saturated rings. The summed E-state index contributed by atoms with van der Waals surface area (Å²) in [5, 5.41) is 2.65. The van der Waals surface area contributed by atoms with Gasteiger partial charge >= 0.3 is 5.97 Å². The molecule has 152 valence electrons. The lowest BCUT2D eigenvalue weighted by molar-refractivity contribution is -0.119. The molecule has 0 atom stereocenters. The van der Waals surface area contributed by atoms with Crippen LogP contribution < -0.4 is 20.5 Å². The van der Waals surface area contributed by atoms with Crippen molar-refractivity contribution in [2.24, 2.45) is 0 Å². The van der Waals surface area contributed by atoms with Crippen LogP contribution in [0.15, 0.2) is 36.4 Å². The number of fused-ring (bicyclic) bond motifs is 1. The van der Waals surface area contributed by atoms with Gasteiger partial charge in [0.1, 0.15) is 5.82 Å². The minimum absolute atomic E-state index is 0.0000551. The summed E-state index contributed by atoms with van der Waals surface area (Å²) in [6.07, 6.45) is 4.97. The summed E-state index contributed by atoms with van der Waals surface area (Å²) in [6.45, 7) is -0.506. The molecule has 1 spiro atoms. The summed E-state index contributed by atoms with van der Waals surface area (Å²) < 4.78 is 30.1. The molecule has 1 aliphatic carbocycles. The summed E-state index contributed by atoms with van der Waals surface area (Å²) in [4.78, 5) is 24.1. The number of nitrogen functional groups attached to an aromatic ring is 1. The standard InChI is InChI=1S/C21H21FN2O5/c22-13-4-6-15(16(23)10-13)20(26)27-12-19(25)24-14-5-7-17-18(11-14)29-21(28-17)8-2-1-3-9-21/h4-7,10-11H,1-3,8-9,12,23H2,(H,24,25). The van der Waals surface area contributed by atoms with Crippen molar-refractivity contribution >= 4 is 23.3 Å². The lowest BCUT2D eigenvalue weighted by Crippen LogP contribution is -2.40. The molecule has 2 aliphatic rings. The number of carbonyl (C=O) groups is 2. The molecule has 4 rings (SSSR count). The number of hydrogen-bond donors (Lipinski definition) is 2. The summed E-state index contributed by atoms with van der Waals surface area (Å²) >= 11 is 0. The Bertz CT molecular complexity index is 956. The highest BCUT2D eigenvalue weighted by Gasteiger charge is 2.42. The van der Waals surface area contributed by atoms with E-state index in [1.165, 1.54) is 12.5 Å². The van der Waals surface area contributed by atoms with Gasteiger partial charge in [-0.3, -0.25) is 4.79 Å². The summed E-state index contributed by atoms with van der Waals surface area (Å²) in [6, 6.07) is 8.46. The minimum atomic E-state index is -0.803. The summed E-state index contributed by atoms with van der Waals surface area (Å²) in [7, 11) is 0. The van der Waals surface area contributed by atoms with Crippen molar-refractivity contribution in [2.75, 3.05) is 17.7 Å². The van der Waals surface area contributed by atoms with E-state index in [0.29, 0.717) is 17.2 Å². The van der Waals surface area contributed by atoms with E-state index in [1.807, 2.05) is 0 Å². The van der Waals surface area contributed by atoms with Crippen molar-refractivity contribution < 1.29 is 28.2 Å². The van der Waals surface area contributed by atoms with E-state index >= 15 is 0 Å². The molecular formula is C21H21FN2O5. The number of amides is 1. The third-order valence-corrected chi connectivity index (χ3v) is 5.00. The zero-order chi connectivity index (χ0) is 20.4. The third-order valence-electron chi connectivity index (χ3n) is 5.00. The van der Waals surface area contributed by atoms with E-state index in [1.54, 1.807) is 18.2 Å². The van der Waals surface area contributed by atoms with Gasteiger partial charge in [-0.25, -0.2) is 9.18 Å². The van der Waals surface area contributed by atoms with E-state index in [9.17, 15) is 14.0 Å². The molecule has 1 heterocycles. The van der Waals surface area contributed by atoms with Gasteiger partial charge in [-0.2, -0.15) is 0 Å². The maximum atomic E-state index is 13.1. The second-order valence-electron chi connectivity index (χ2n) is 7.19. The van der Waals surface area contributed by atoms with Crippen LogP contribution in [0.2, 0.25) is 0 Å². The molecule has 3 N–H and O–H groups in total. The topological polar surface area (TPSA) is 99.9 Å².